The van der Waals surface area contributed by atoms with Crippen molar-refractivity contribution in [1.29, 1.82) is 0 Å². The number of amides is 1. The highest BCUT2D eigenvalue weighted by Crippen LogP contribution is 2.40. The third-order valence-electron chi connectivity index (χ3n) is 4.57. The number of methoxy groups -OCH3 is 1. The lowest BCUT2D eigenvalue weighted by molar-refractivity contribution is -0.139. The van der Waals surface area contributed by atoms with E-state index >= 15 is 0 Å². The molecule has 0 bridgehead atoms. The van der Waals surface area contributed by atoms with E-state index in [0.717, 1.165) is 25.3 Å². The molecular weight excluding hydrogens is 482 g/mol. The molecule has 192 valence electrons. The first-order valence-corrected chi connectivity index (χ1v) is 10.3. The van der Waals surface area contributed by atoms with Crippen LogP contribution in [0.4, 0.5) is 42.5 Å². The Kier molecular flexibility index (Phi) is 8.64. The summed E-state index contributed by atoms with van der Waals surface area (Å²) in [6.45, 7) is 4.97. The standard InChI is InChI=1S/C23H24F6N2O4/c1-22(2,3)35-21(33)30-11-5-6-12-15(10-8-14(24)18(12)25)31-16-9-7-13(20(32)34-4)19(26)17(16)23(27,28)29/h7-10,31H,5-6,11H2,1-4H3,(H,30,33). The van der Waals surface area contributed by atoms with Gasteiger partial charge in [-0.3, -0.25) is 0 Å². The average molecular weight is 506 g/mol. The first-order chi connectivity index (χ1) is 16.2. The highest BCUT2D eigenvalue weighted by molar-refractivity contribution is 5.91. The van der Waals surface area contributed by atoms with Crippen LogP contribution < -0.4 is 10.6 Å². The number of nitrogens with one attached hydrogen (secondary N) is 2. The molecule has 0 radical (unpaired) electrons. The van der Waals surface area contributed by atoms with Gasteiger partial charge in [-0.25, -0.2) is 22.8 Å². The van der Waals surface area contributed by atoms with Crippen LogP contribution in [0.25, 0.3) is 0 Å². The lowest BCUT2D eigenvalue weighted by Crippen LogP contribution is -2.33. The number of esters is 1. The second-order valence-corrected chi connectivity index (χ2v) is 8.38. The third-order valence-corrected chi connectivity index (χ3v) is 4.57. The molecule has 12 heteroatoms. The number of hydrogen-bond acceptors (Lipinski definition) is 5. The smallest absolute Gasteiger partial charge is 0.421 e. The van der Waals surface area contributed by atoms with Gasteiger partial charge < -0.3 is 20.1 Å². The number of carbonyl (C=O) groups excluding carboxylic acids is 2. The van der Waals surface area contributed by atoms with Crippen LogP contribution in [-0.2, 0) is 22.1 Å². The number of halogens is 6. The van der Waals surface area contributed by atoms with Crippen molar-refractivity contribution in [3.8, 4) is 0 Å². The summed E-state index contributed by atoms with van der Waals surface area (Å²) in [5.74, 6) is -5.74. The molecule has 0 saturated carbocycles. The molecule has 2 rings (SSSR count). The van der Waals surface area contributed by atoms with Gasteiger partial charge in [0.15, 0.2) is 17.5 Å². The SMILES string of the molecule is COC(=O)c1ccc(Nc2ccc(F)c(F)c2CCCNC(=O)OC(C)(C)C)c(C(F)(F)F)c1F. The van der Waals surface area contributed by atoms with Gasteiger partial charge in [0.1, 0.15) is 11.2 Å². The number of rotatable bonds is 7. The Morgan fingerprint density at radius 1 is 0.943 bits per heavy atom. The normalized spacial score (nSPS) is 11.7. The van der Waals surface area contributed by atoms with Gasteiger partial charge in [0.05, 0.1) is 18.4 Å². The van der Waals surface area contributed by atoms with Crippen LogP contribution in [0.3, 0.4) is 0 Å². The fraction of sp³-hybridized carbons (Fsp3) is 0.391. The Labute approximate surface area is 197 Å². The predicted octanol–water partition coefficient (Wildman–Crippen LogP) is 6.11. The van der Waals surface area contributed by atoms with Gasteiger partial charge in [0, 0.05) is 17.8 Å². The summed E-state index contributed by atoms with van der Waals surface area (Å²) in [6.07, 6.45) is -6.07. The van der Waals surface area contributed by atoms with Crippen molar-refractivity contribution in [3.63, 3.8) is 0 Å². The van der Waals surface area contributed by atoms with E-state index in [1.807, 2.05) is 0 Å². The monoisotopic (exact) mass is 506 g/mol. The molecule has 35 heavy (non-hydrogen) atoms. The van der Waals surface area contributed by atoms with Crippen LogP contribution in [0, 0.1) is 17.5 Å². The van der Waals surface area contributed by atoms with Gasteiger partial charge >= 0.3 is 18.2 Å². The first-order valence-electron chi connectivity index (χ1n) is 10.3. The summed E-state index contributed by atoms with van der Waals surface area (Å²) in [4.78, 5) is 23.3. The second kappa shape index (κ2) is 10.9. The van der Waals surface area contributed by atoms with Gasteiger partial charge in [0.25, 0.3) is 0 Å². The quantitative estimate of drug-likeness (QED) is 0.269. The highest BCUT2D eigenvalue weighted by atomic mass is 19.4. The third kappa shape index (κ3) is 7.27. The summed E-state index contributed by atoms with van der Waals surface area (Å²) in [5, 5.41) is 4.72. The van der Waals surface area contributed by atoms with E-state index in [1.54, 1.807) is 20.8 Å². The molecule has 2 aromatic rings. The molecule has 0 fully saturated rings. The molecule has 0 aromatic heterocycles. The van der Waals surface area contributed by atoms with E-state index in [0.29, 0.717) is 6.07 Å². The second-order valence-electron chi connectivity index (χ2n) is 8.38. The Bertz CT molecular complexity index is 1100. The van der Waals surface area contributed by atoms with E-state index in [2.05, 4.69) is 15.4 Å². The zero-order valence-corrected chi connectivity index (χ0v) is 19.3. The molecule has 2 N–H and O–H groups in total. The first kappa shape index (κ1) is 27.8. The Hall–Kier alpha value is -3.44. The summed E-state index contributed by atoms with van der Waals surface area (Å²) in [7, 11) is 0.881. The molecule has 0 atom stereocenters. The van der Waals surface area contributed by atoms with E-state index in [9.17, 15) is 35.9 Å². The summed E-state index contributed by atoms with van der Waals surface area (Å²) < 4.78 is 93.2. The fourth-order valence-corrected chi connectivity index (χ4v) is 3.09. The molecule has 0 saturated heterocycles. The van der Waals surface area contributed by atoms with Crippen LogP contribution in [-0.4, -0.2) is 31.3 Å². The topological polar surface area (TPSA) is 76.7 Å². The number of benzene rings is 2. The molecule has 1 amide bonds. The summed E-state index contributed by atoms with van der Waals surface area (Å²) in [5.41, 5.74) is -4.88. The van der Waals surface area contributed by atoms with Crippen LogP contribution in [0.1, 0.15) is 48.7 Å². The molecule has 2 aromatic carbocycles. The number of anilines is 2. The van der Waals surface area contributed by atoms with E-state index in [4.69, 9.17) is 4.74 Å². The molecule has 0 aliphatic heterocycles. The fourth-order valence-electron chi connectivity index (χ4n) is 3.09. The van der Waals surface area contributed by atoms with Crippen molar-refractivity contribution in [1.82, 2.24) is 5.32 Å². The molecule has 6 nitrogen and oxygen atoms in total. The van der Waals surface area contributed by atoms with Crippen molar-refractivity contribution in [2.24, 2.45) is 0 Å². The van der Waals surface area contributed by atoms with E-state index in [1.165, 1.54) is 0 Å². The minimum absolute atomic E-state index is 0.000558. The van der Waals surface area contributed by atoms with Gasteiger partial charge in [-0.15, -0.1) is 0 Å². The van der Waals surface area contributed by atoms with E-state index in [-0.39, 0.29) is 30.6 Å². The van der Waals surface area contributed by atoms with Crippen LogP contribution in [0.2, 0.25) is 0 Å². The Morgan fingerprint density at radius 2 is 1.57 bits per heavy atom. The zero-order valence-electron chi connectivity index (χ0n) is 19.3. The molecular formula is C23H24F6N2O4. The Morgan fingerprint density at radius 3 is 2.14 bits per heavy atom. The predicted molar refractivity (Wildman–Crippen MR) is 115 cm³/mol. The summed E-state index contributed by atoms with van der Waals surface area (Å²) >= 11 is 0. The van der Waals surface area contributed by atoms with Crippen molar-refractivity contribution in [2.75, 3.05) is 19.0 Å². The van der Waals surface area contributed by atoms with Crippen molar-refractivity contribution in [3.05, 3.63) is 58.4 Å². The minimum atomic E-state index is -5.23. The molecule has 0 unspecified atom stereocenters. The van der Waals surface area contributed by atoms with Crippen LogP contribution >= 0.6 is 0 Å². The maximum absolute atomic E-state index is 14.6. The molecule has 0 aliphatic carbocycles. The molecule has 0 heterocycles. The van der Waals surface area contributed by atoms with Crippen LogP contribution in [0.5, 0.6) is 0 Å². The number of hydrogen-bond donors (Lipinski definition) is 2. The largest absolute Gasteiger partial charge is 0.465 e. The molecule has 0 aliphatic rings. The van der Waals surface area contributed by atoms with Crippen molar-refractivity contribution < 1.29 is 45.4 Å². The lowest BCUT2D eigenvalue weighted by atomic mass is 10.0. The zero-order chi connectivity index (χ0) is 26.6. The van der Waals surface area contributed by atoms with Gasteiger partial charge in [0.2, 0.25) is 0 Å². The highest BCUT2D eigenvalue weighted by Gasteiger charge is 2.39. The lowest BCUT2D eigenvalue weighted by Gasteiger charge is -2.20. The number of carbonyl (C=O) groups is 2. The van der Waals surface area contributed by atoms with Gasteiger partial charge in [-0.05, 0) is 57.9 Å². The van der Waals surface area contributed by atoms with Crippen molar-refractivity contribution >= 4 is 23.4 Å². The van der Waals surface area contributed by atoms with Crippen molar-refractivity contribution in [2.45, 2.75) is 45.4 Å². The maximum Gasteiger partial charge on any atom is 0.421 e. The summed E-state index contributed by atoms with van der Waals surface area (Å²) in [6, 6.07) is 3.27. The van der Waals surface area contributed by atoms with Gasteiger partial charge in [-0.2, -0.15) is 13.2 Å². The number of alkyl carbamates (subject to hydrolysis) is 1. The van der Waals surface area contributed by atoms with Gasteiger partial charge in [-0.1, -0.05) is 0 Å². The maximum atomic E-state index is 14.6. The minimum Gasteiger partial charge on any atom is -0.465 e. The van der Waals surface area contributed by atoms with E-state index < -0.39 is 58.1 Å². The molecule has 0 spiro atoms. The van der Waals surface area contributed by atoms with Crippen LogP contribution in [0.15, 0.2) is 24.3 Å². The number of alkyl halides is 3. The Balaban J connectivity index is 2.33. The number of ether oxygens (including phenoxy) is 2. The average Bonchev–Trinajstić information content (AvgIpc) is 2.72.